The lowest BCUT2D eigenvalue weighted by Crippen LogP contribution is -2.47. The lowest BCUT2D eigenvalue weighted by molar-refractivity contribution is -0.150. The van der Waals surface area contributed by atoms with Gasteiger partial charge in [-0.3, -0.25) is 15.0 Å². The zero-order chi connectivity index (χ0) is 21.1. The average Bonchev–Trinajstić information content (AvgIpc) is 2.98. The highest BCUT2D eigenvalue weighted by Crippen LogP contribution is 2.39. The van der Waals surface area contributed by atoms with Crippen molar-refractivity contribution in [3.63, 3.8) is 0 Å². The maximum atomic E-state index is 13.8. The second-order valence-electron chi connectivity index (χ2n) is 8.14. The van der Waals surface area contributed by atoms with E-state index in [9.17, 15) is 9.59 Å². The highest BCUT2D eigenvalue weighted by atomic mass is 16.5. The van der Waals surface area contributed by atoms with Crippen LogP contribution in [0.1, 0.15) is 47.3 Å². The van der Waals surface area contributed by atoms with Crippen LogP contribution in [0.25, 0.3) is 0 Å². The number of benzene rings is 2. The van der Waals surface area contributed by atoms with Gasteiger partial charge in [0, 0.05) is 24.3 Å². The van der Waals surface area contributed by atoms with Gasteiger partial charge in [0.1, 0.15) is 12.4 Å². The monoisotopic (exact) mass is 409 g/mol. The molecular formula is C23H27N3O4. The van der Waals surface area contributed by atoms with Crippen molar-refractivity contribution < 1.29 is 19.1 Å². The fraction of sp³-hybridized carbons (Fsp3) is 0.391. The molecule has 0 bridgehead atoms. The summed E-state index contributed by atoms with van der Waals surface area (Å²) in [5.41, 5.74) is 3.99. The summed E-state index contributed by atoms with van der Waals surface area (Å²) < 4.78 is 11.6. The van der Waals surface area contributed by atoms with Crippen LogP contribution in [-0.2, 0) is 16.1 Å². The molecule has 1 atom stereocenters. The van der Waals surface area contributed by atoms with Crippen LogP contribution in [0.2, 0.25) is 0 Å². The summed E-state index contributed by atoms with van der Waals surface area (Å²) in [7, 11) is 0. The molecule has 0 spiro atoms. The Hall–Kier alpha value is -2.90. The molecule has 7 heteroatoms. The molecule has 0 unspecified atom stereocenters. The first-order chi connectivity index (χ1) is 14.5. The summed E-state index contributed by atoms with van der Waals surface area (Å²) in [5.74, 6) is 5.60. The number of carbonyl (C=O) groups is 2. The number of nitrogen functional groups attached to an aromatic ring is 1. The summed E-state index contributed by atoms with van der Waals surface area (Å²) >= 11 is 0. The molecule has 30 heavy (non-hydrogen) atoms. The molecule has 0 aliphatic carbocycles. The highest BCUT2D eigenvalue weighted by Gasteiger charge is 2.42. The highest BCUT2D eigenvalue weighted by molar-refractivity contribution is 5.94. The molecule has 3 N–H and O–H groups in total. The molecule has 2 aromatic rings. The zero-order valence-corrected chi connectivity index (χ0v) is 17.1. The molecule has 2 aromatic carbocycles. The number of hydrogen-bond donors (Lipinski definition) is 2. The van der Waals surface area contributed by atoms with E-state index in [4.69, 9.17) is 15.3 Å². The van der Waals surface area contributed by atoms with Gasteiger partial charge in [-0.25, -0.2) is 5.84 Å². The largest absolute Gasteiger partial charge is 0.491 e. The molecule has 0 saturated carbocycles. The Kier molecular flexibility index (Phi) is 5.74. The van der Waals surface area contributed by atoms with Gasteiger partial charge in [-0.15, -0.1) is 0 Å². The minimum absolute atomic E-state index is 0.111. The minimum Gasteiger partial charge on any atom is -0.491 e. The van der Waals surface area contributed by atoms with E-state index in [0.29, 0.717) is 50.5 Å². The molecule has 2 aliphatic rings. The van der Waals surface area contributed by atoms with Gasteiger partial charge in [-0.2, -0.15) is 0 Å². The Balaban J connectivity index is 1.71. The molecule has 2 heterocycles. The Morgan fingerprint density at radius 1 is 1.13 bits per heavy atom. The quantitative estimate of drug-likeness (QED) is 0.462. The third kappa shape index (κ3) is 3.91. The van der Waals surface area contributed by atoms with E-state index in [2.05, 4.69) is 5.43 Å². The lowest BCUT2D eigenvalue weighted by Gasteiger charge is -2.39. The number of rotatable bonds is 3. The summed E-state index contributed by atoms with van der Waals surface area (Å²) in [5, 5.41) is 0. The van der Waals surface area contributed by atoms with Gasteiger partial charge in [0.05, 0.1) is 18.0 Å². The van der Waals surface area contributed by atoms with Crippen molar-refractivity contribution in [2.24, 2.45) is 11.3 Å². The van der Waals surface area contributed by atoms with E-state index >= 15 is 0 Å². The lowest BCUT2D eigenvalue weighted by atomic mass is 9.80. The van der Waals surface area contributed by atoms with E-state index in [0.717, 1.165) is 11.1 Å². The van der Waals surface area contributed by atoms with Crippen molar-refractivity contribution in [2.45, 2.75) is 32.4 Å². The van der Waals surface area contributed by atoms with Crippen LogP contribution in [-0.4, -0.2) is 36.5 Å². The molecule has 7 nitrogen and oxygen atoms in total. The number of hydrazine groups is 1. The van der Waals surface area contributed by atoms with Crippen LogP contribution in [0.3, 0.4) is 0 Å². The Labute approximate surface area is 176 Å². The zero-order valence-electron chi connectivity index (χ0n) is 17.1. The molecule has 4 rings (SSSR count). The summed E-state index contributed by atoms with van der Waals surface area (Å²) in [6.45, 7) is 3.94. The van der Waals surface area contributed by atoms with Gasteiger partial charge < -0.3 is 14.4 Å². The fourth-order valence-corrected chi connectivity index (χ4v) is 4.14. The van der Waals surface area contributed by atoms with Crippen LogP contribution in [0.4, 0.5) is 0 Å². The molecule has 1 saturated heterocycles. The molecular weight excluding hydrogens is 382 g/mol. The Bertz CT molecular complexity index is 925. The number of fused-ring (bicyclic) bond motifs is 1. The number of ether oxygens (including phenoxy) is 2. The topological polar surface area (TPSA) is 93.9 Å². The number of carbonyl (C=O) groups excluding carboxylic acids is 2. The van der Waals surface area contributed by atoms with Crippen molar-refractivity contribution in [3.05, 3.63) is 65.2 Å². The first-order valence-electron chi connectivity index (χ1n) is 10.2. The van der Waals surface area contributed by atoms with Gasteiger partial charge in [0.25, 0.3) is 5.91 Å². The van der Waals surface area contributed by atoms with Crippen LogP contribution in [0.15, 0.2) is 48.5 Å². The van der Waals surface area contributed by atoms with Crippen LogP contribution in [0.5, 0.6) is 5.75 Å². The maximum Gasteiger partial charge on any atom is 0.265 e. The molecule has 2 amide bonds. The Morgan fingerprint density at radius 2 is 1.87 bits per heavy atom. The SMILES string of the molecule is CC1(C(=O)N2Cc3ccc(C(=O)NN)cc3OC[C@@H]2c2ccccc2)CCOCC1. The molecule has 0 aromatic heterocycles. The van der Waals surface area contributed by atoms with Gasteiger partial charge in [0.15, 0.2) is 0 Å². The van der Waals surface area contributed by atoms with Crippen molar-refractivity contribution in [1.82, 2.24) is 10.3 Å². The second-order valence-corrected chi connectivity index (χ2v) is 8.14. The van der Waals surface area contributed by atoms with Gasteiger partial charge in [0.2, 0.25) is 5.91 Å². The normalized spacial score (nSPS) is 20.5. The first kappa shape index (κ1) is 20.4. The number of nitrogens with zero attached hydrogens (tertiary/aromatic N) is 1. The fourth-order valence-electron chi connectivity index (χ4n) is 4.14. The summed E-state index contributed by atoms with van der Waals surface area (Å²) in [6.07, 6.45) is 1.40. The van der Waals surface area contributed by atoms with Crippen LogP contribution in [0, 0.1) is 5.41 Å². The molecule has 1 fully saturated rings. The van der Waals surface area contributed by atoms with Crippen molar-refractivity contribution in [1.29, 1.82) is 0 Å². The molecule has 158 valence electrons. The van der Waals surface area contributed by atoms with Gasteiger partial charge in [-0.05, 0) is 30.5 Å². The molecule has 2 aliphatic heterocycles. The third-order valence-corrected chi connectivity index (χ3v) is 6.13. The third-order valence-electron chi connectivity index (χ3n) is 6.13. The van der Waals surface area contributed by atoms with E-state index < -0.39 is 5.41 Å². The maximum absolute atomic E-state index is 13.8. The minimum atomic E-state index is -0.463. The molecule has 0 radical (unpaired) electrons. The van der Waals surface area contributed by atoms with E-state index in [1.54, 1.807) is 12.1 Å². The van der Waals surface area contributed by atoms with Crippen molar-refractivity contribution in [2.75, 3.05) is 19.8 Å². The van der Waals surface area contributed by atoms with Crippen molar-refractivity contribution in [3.8, 4) is 5.75 Å². The van der Waals surface area contributed by atoms with Crippen molar-refractivity contribution >= 4 is 11.8 Å². The number of nitrogens with two attached hydrogens (primary N) is 1. The average molecular weight is 409 g/mol. The number of nitrogens with one attached hydrogen (secondary N) is 1. The van der Waals surface area contributed by atoms with Gasteiger partial charge >= 0.3 is 0 Å². The summed E-state index contributed by atoms with van der Waals surface area (Å²) in [4.78, 5) is 27.6. The second kappa shape index (κ2) is 8.45. The van der Waals surface area contributed by atoms with E-state index in [1.807, 2.05) is 48.2 Å². The Morgan fingerprint density at radius 3 is 2.57 bits per heavy atom. The smallest absolute Gasteiger partial charge is 0.265 e. The predicted octanol–water partition coefficient (Wildman–Crippen LogP) is 2.57. The van der Waals surface area contributed by atoms with Crippen LogP contribution < -0.4 is 16.0 Å². The first-order valence-corrected chi connectivity index (χ1v) is 10.2. The predicted molar refractivity (Wildman–Crippen MR) is 111 cm³/mol. The number of hydrogen-bond acceptors (Lipinski definition) is 5. The summed E-state index contributed by atoms with van der Waals surface area (Å²) in [6, 6.07) is 14.9. The van der Waals surface area contributed by atoms with Gasteiger partial charge in [-0.1, -0.05) is 43.3 Å². The van der Waals surface area contributed by atoms with E-state index in [1.165, 1.54) is 0 Å². The number of amides is 2. The standard InChI is InChI=1S/C23H27N3O4/c1-23(9-11-29-12-10-23)22(28)26-14-18-8-7-17(21(27)25-24)13-20(18)30-15-19(26)16-5-3-2-4-6-16/h2-8,13,19H,9-12,14-15,24H2,1H3,(H,25,27)/t19-/m1/s1. The van der Waals surface area contributed by atoms with Crippen LogP contribution >= 0.6 is 0 Å². The van der Waals surface area contributed by atoms with E-state index in [-0.39, 0.29) is 17.9 Å².